The highest BCUT2D eigenvalue weighted by atomic mass is 16.7. The molecule has 8 nitrogen and oxygen atoms in total. The van der Waals surface area contributed by atoms with Crippen LogP contribution >= 0.6 is 0 Å². The van der Waals surface area contributed by atoms with Gasteiger partial charge in [0.2, 0.25) is 0 Å². The number of pyridine rings is 1. The molecule has 0 aliphatic carbocycles. The van der Waals surface area contributed by atoms with Crippen molar-refractivity contribution in [3.63, 3.8) is 0 Å². The van der Waals surface area contributed by atoms with Gasteiger partial charge in [-0.3, -0.25) is 14.7 Å². The molecule has 1 amide bonds. The molecule has 42 heavy (non-hydrogen) atoms. The Morgan fingerprint density at radius 3 is 2.43 bits per heavy atom. The number of aliphatic hydroxyl groups is 1. The standard InChI is InChI=1S/C34H42N4O4/c1-24-31(22-38-19-5-7-30(38)21-37-17-2-3-18-37)41-34(42-32(24)26-10-8-25(23-39)9-11-26)27-12-14-29(15-13-27)36-33(40)28-6-4-16-35-20-28/h4,6,8-16,20,24,30-32,34,39H,2-3,5,7,17-19,21-23H2,1H3,(H,36,40). The minimum Gasteiger partial charge on any atom is -0.392 e. The summed E-state index contributed by atoms with van der Waals surface area (Å²) >= 11 is 0. The highest BCUT2D eigenvalue weighted by Gasteiger charge is 2.40. The first kappa shape index (κ1) is 29.0. The molecule has 0 saturated carbocycles. The summed E-state index contributed by atoms with van der Waals surface area (Å²) in [5.41, 5.74) is 4.10. The molecular weight excluding hydrogens is 528 g/mol. The average Bonchev–Trinajstić information content (AvgIpc) is 3.71. The maximum atomic E-state index is 12.6. The minimum atomic E-state index is -0.531. The zero-order chi connectivity index (χ0) is 28.9. The number of aromatic nitrogens is 1. The summed E-state index contributed by atoms with van der Waals surface area (Å²) in [6, 6.07) is 19.8. The third-order valence-corrected chi connectivity index (χ3v) is 9.07. The van der Waals surface area contributed by atoms with Crippen molar-refractivity contribution < 1.29 is 19.4 Å². The van der Waals surface area contributed by atoms with Crippen LogP contribution in [0.15, 0.2) is 73.1 Å². The van der Waals surface area contributed by atoms with E-state index >= 15 is 0 Å². The number of hydrogen-bond acceptors (Lipinski definition) is 7. The van der Waals surface area contributed by atoms with Crippen LogP contribution in [0.1, 0.15) is 72.0 Å². The molecule has 3 saturated heterocycles. The van der Waals surface area contributed by atoms with Gasteiger partial charge in [-0.05, 0) is 80.7 Å². The van der Waals surface area contributed by atoms with E-state index in [9.17, 15) is 9.90 Å². The largest absolute Gasteiger partial charge is 0.392 e. The lowest BCUT2D eigenvalue weighted by Gasteiger charge is -2.43. The Kier molecular flexibility index (Phi) is 9.27. The topological polar surface area (TPSA) is 87.2 Å². The van der Waals surface area contributed by atoms with Crippen LogP contribution < -0.4 is 5.32 Å². The molecule has 5 unspecified atom stereocenters. The molecule has 6 rings (SSSR count). The summed E-state index contributed by atoms with van der Waals surface area (Å²) in [4.78, 5) is 21.9. The van der Waals surface area contributed by atoms with Crippen LogP contribution in [-0.4, -0.2) is 70.7 Å². The number of nitrogens with one attached hydrogen (secondary N) is 1. The highest BCUT2D eigenvalue weighted by Crippen LogP contribution is 2.42. The zero-order valence-electron chi connectivity index (χ0n) is 24.4. The number of amides is 1. The van der Waals surface area contributed by atoms with E-state index in [2.05, 4.69) is 39.2 Å². The quantitative estimate of drug-likeness (QED) is 0.367. The van der Waals surface area contributed by atoms with E-state index in [1.165, 1.54) is 38.8 Å². The predicted molar refractivity (Wildman–Crippen MR) is 162 cm³/mol. The molecule has 3 fully saturated rings. The molecular formula is C34H42N4O4. The van der Waals surface area contributed by atoms with Crippen molar-refractivity contribution in [3.8, 4) is 0 Å². The Bertz CT molecular complexity index is 1300. The number of hydrogen-bond donors (Lipinski definition) is 2. The van der Waals surface area contributed by atoms with Crippen molar-refractivity contribution in [1.82, 2.24) is 14.8 Å². The normalized spacial score (nSPS) is 26.9. The number of benzene rings is 2. The lowest BCUT2D eigenvalue weighted by molar-refractivity contribution is -0.276. The van der Waals surface area contributed by atoms with Crippen molar-refractivity contribution in [2.45, 2.75) is 63.8 Å². The Hall–Kier alpha value is -3.14. The summed E-state index contributed by atoms with van der Waals surface area (Å²) in [7, 11) is 0. The van der Waals surface area contributed by atoms with E-state index < -0.39 is 6.29 Å². The number of aliphatic hydroxyl groups excluding tert-OH is 1. The smallest absolute Gasteiger partial charge is 0.257 e. The first-order valence-electron chi connectivity index (χ1n) is 15.4. The van der Waals surface area contributed by atoms with Crippen molar-refractivity contribution in [2.75, 3.05) is 38.0 Å². The van der Waals surface area contributed by atoms with Crippen molar-refractivity contribution in [2.24, 2.45) is 5.92 Å². The Morgan fingerprint density at radius 1 is 0.952 bits per heavy atom. The van der Waals surface area contributed by atoms with Gasteiger partial charge in [0.25, 0.3) is 5.91 Å². The van der Waals surface area contributed by atoms with Crippen molar-refractivity contribution >= 4 is 11.6 Å². The molecule has 0 bridgehead atoms. The van der Waals surface area contributed by atoms with Gasteiger partial charge in [0, 0.05) is 48.7 Å². The summed E-state index contributed by atoms with van der Waals surface area (Å²) in [5.74, 6) is -0.0531. The van der Waals surface area contributed by atoms with Gasteiger partial charge in [0.1, 0.15) is 0 Å². The van der Waals surface area contributed by atoms with Gasteiger partial charge in [-0.25, -0.2) is 0 Å². The first-order chi connectivity index (χ1) is 20.6. The molecule has 3 aliphatic heterocycles. The first-order valence-corrected chi connectivity index (χ1v) is 15.4. The third kappa shape index (κ3) is 6.74. The zero-order valence-corrected chi connectivity index (χ0v) is 24.4. The van der Waals surface area contributed by atoms with Crippen LogP contribution in [0.4, 0.5) is 5.69 Å². The lowest BCUT2D eigenvalue weighted by atomic mass is 9.90. The predicted octanol–water partition coefficient (Wildman–Crippen LogP) is 5.18. The SMILES string of the molecule is CC1C(CN2CCCC2CN2CCCC2)OC(c2ccc(NC(=O)c3cccnc3)cc2)OC1c1ccc(CO)cc1. The van der Waals surface area contributed by atoms with Crippen molar-refractivity contribution in [1.29, 1.82) is 0 Å². The van der Waals surface area contributed by atoms with E-state index in [1.807, 2.05) is 36.4 Å². The molecule has 3 aliphatic rings. The number of anilines is 1. The summed E-state index contributed by atoms with van der Waals surface area (Å²) in [5, 5.41) is 12.5. The molecule has 4 heterocycles. The average molecular weight is 571 g/mol. The van der Waals surface area contributed by atoms with Crippen LogP contribution in [0.2, 0.25) is 0 Å². The number of rotatable bonds is 9. The fraction of sp³-hybridized carbons (Fsp3) is 0.471. The maximum Gasteiger partial charge on any atom is 0.257 e. The molecule has 5 atom stereocenters. The van der Waals surface area contributed by atoms with Crippen LogP contribution in [-0.2, 0) is 16.1 Å². The maximum absolute atomic E-state index is 12.6. The fourth-order valence-corrected chi connectivity index (χ4v) is 6.59. The number of carbonyl (C=O) groups is 1. The van der Waals surface area contributed by atoms with Gasteiger partial charge in [0.05, 0.1) is 24.4 Å². The Morgan fingerprint density at radius 2 is 1.71 bits per heavy atom. The van der Waals surface area contributed by atoms with Crippen LogP contribution in [0.5, 0.6) is 0 Å². The molecule has 0 spiro atoms. The number of nitrogens with zero attached hydrogens (tertiary/aromatic N) is 3. The van der Waals surface area contributed by atoms with E-state index in [4.69, 9.17) is 9.47 Å². The lowest BCUT2D eigenvalue weighted by Crippen LogP contribution is -2.48. The molecule has 1 aromatic heterocycles. The summed E-state index contributed by atoms with van der Waals surface area (Å²) < 4.78 is 13.4. The molecule has 2 N–H and O–H groups in total. The van der Waals surface area contributed by atoms with E-state index in [-0.39, 0.29) is 30.6 Å². The second-order valence-corrected chi connectivity index (χ2v) is 11.9. The van der Waals surface area contributed by atoms with E-state index in [1.54, 1.807) is 24.5 Å². The number of ether oxygens (including phenoxy) is 2. The second kappa shape index (κ2) is 13.4. The number of carbonyl (C=O) groups excluding carboxylic acids is 1. The molecule has 2 aromatic carbocycles. The molecule has 222 valence electrons. The second-order valence-electron chi connectivity index (χ2n) is 11.9. The van der Waals surface area contributed by atoms with Gasteiger partial charge in [-0.15, -0.1) is 0 Å². The van der Waals surface area contributed by atoms with Gasteiger partial charge in [0.15, 0.2) is 6.29 Å². The fourth-order valence-electron chi connectivity index (χ4n) is 6.59. The van der Waals surface area contributed by atoms with Crippen LogP contribution in [0.3, 0.4) is 0 Å². The molecule has 0 radical (unpaired) electrons. The van der Waals surface area contributed by atoms with Crippen molar-refractivity contribution in [3.05, 3.63) is 95.3 Å². The van der Waals surface area contributed by atoms with Gasteiger partial charge in [-0.2, -0.15) is 0 Å². The summed E-state index contributed by atoms with van der Waals surface area (Å²) in [6.45, 7) is 7.84. The van der Waals surface area contributed by atoms with Gasteiger partial charge in [-0.1, -0.05) is 43.3 Å². The summed E-state index contributed by atoms with van der Waals surface area (Å²) in [6.07, 6.45) is 7.63. The van der Waals surface area contributed by atoms with E-state index in [0.29, 0.717) is 17.3 Å². The monoisotopic (exact) mass is 570 g/mol. The minimum absolute atomic E-state index is 0.00425. The third-order valence-electron chi connectivity index (χ3n) is 9.07. The number of likely N-dealkylation sites (tertiary alicyclic amines) is 2. The van der Waals surface area contributed by atoms with Gasteiger partial charge < -0.3 is 24.8 Å². The van der Waals surface area contributed by atoms with Crippen LogP contribution in [0.25, 0.3) is 0 Å². The molecule has 8 heteroatoms. The Balaban J connectivity index is 1.19. The highest BCUT2D eigenvalue weighted by molar-refractivity contribution is 6.04. The van der Waals surface area contributed by atoms with Crippen LogP contribution in [0, 0.1) is 5.92 Å². The van der Waals surface area contributed by atoms with Gasteiger partial charge >= 0.3 is 0 Å². The Labute approximate surface area is 248 Å². The molecule has 3 aromatic rings. The van der Waals surface area contributed by atoms with E-state index in [0.717, 1.165) is 36.3 Å².